The van der Waals surface area contributed by atoms with Crippen LogP contribution in [0, 0.1) is 11.7 Å². The predicted octanol–water partition coefficient (Wildman–Crippen LogP) is 4.43. The van der Waals surface area contributed by atoms with E-state index in [0.717, 1.165) is 24.3 Å². The summed E-state index contributed by atoms with van der Waals surface area (Å²) in [5, 5.41) is 0. The third-order valence-corrected chi connectivity index (χ3v) is 4.74. The van der Waals surface area contributed by atoms with Crippen molar-refractivity contribution in [1.29, 1.82) is 0 Å². The lowest BCUT2D eigenvalue weighted by molar-refractivity contribution is -0.119. The van der Waals surface area contributed by atoms with Gasteiger partial charge in [0.25, 0.3) is 0 Å². The minimum Gasteiger partial charge on any atom is -0.497 e. The summed E-state index contributed by atoms with van der Waals surface area (Å²) < 4.78 is 24.3. The molecule has 0 radical (unpaired) electrons. The molecule has 2 aromatic carbocycles. The Morgan fingerprint density at radius 2 is 1.88 bits per heavy atom. The number of halogens is 1. The standard InChI is InChI=1S/C21H24FNO3/c1-15(16-7-8-16)23(17-9-11-18(25-2)12-10-17)21(24)13-14-26-20-6-4-3-5-19(20)22/h3-6,9-12,15-16H,7-8,13-14H2,1-2H3. The molecule has 0 heterocycles. The Morgan fingerprint density at radius 1 is 1.19 bits per heavy atom. The van der Waals surface area contributed by atoms with Crippen LogP contribution in [-0.4, -0.2) is 25.7 Å². The number of anilines is 1. The van der Waals surface area contributed by atoms with Gasteiger partial charge >= 0.3 is 0 Å². The van der Waals surface area contributed by atoms with Crippen LogP contribution in [0.15, 0.2) is 48.5 Å². The maximum atomic E-state index is 13.6. The van der Waals surface area contributed by atoms with E-state index in [4.69, 9.17) is 9.47 Å². The van der Waals surface area contributed by atoms with Gasteiger partial charge in [0.2, 0.25) is 5.91 Å². The summed E-state index contributed by atoms with van der Waals surface area (Å²) in [6.45, 7) is 2.22. The van der Waals surface area contributed by atoms with E-state index >= 15 is 0 Å². The van der Waals surface area contributed by atoms with E-state index in [1.807, 2.05) is 29.2 Å². The molecule has 138 valence electrons. The van der Waals surface area contributed by atoms with E-state index in [1.165, 1.54) is 6.07 Å². The topological polar surface area (TPSA) is 38.8 Å². The SMILES string of the molecule is COc1ccc(N(C(=O)CCOc2ccccc2F)C(C)C2CC2)cc1. The first-order chi connectivity index (χ1) is 12.6. The summed E-state index contributed by atoms with van der Waals surface area (Å²) >= 11 is 0. The highest BCUT2D eigenvalue weighted by Crippen LogP contribution is 2.37. The normalized spacial score (nSPS) is 14.6. The number of nitrogens with zero attached hydrogens (tertiary/aromatic N) is 1. The van der Waals surface area contributed by atoms with E-state index < -0.39 is 5.82 Å². The van der Waals surface area contributed by atoms with E-state index in [2.05, 4.69) is 6.92 Å². The van der Waals surface area contributed by atoms with E-state index in [0.29, 0.717) is 5.92 Å². The van der Waals surface area contributed by atoms with Crippen LogP contribution in [-0.2, 0) is 4.79 Å². The van der Waals surface area contributed by atoms with Crippen molar-refractivity contribution in [3.63, 3.8) is 0 Å². The zero-order chi connectivity index (χ0) is 18.5. The van der Waals surface area contributed by atoms with E-state index in [1.54, 1.807) is 25.3 Å². The van der Waals surface area contributed by atoms with E-state index in [-0.39, 0.29) is 30.7 Å². The summed E-state index contributed by atoms with van der Waals surface area (Å²) in [6.07, 6.45) is 2.48. The highest BCUT2D eigenvalue weighted by atomic mass is 19.1. The van der Waals surface area contributed by atoms with Gasteiger partial charge < -0.3 is 14.4 Å². The molecule has 2 aromatic rings. The molecule has 0 N–H and O–H groups in total. The second-order valence-corrected chi connectivity index (χ2v) is 6.57. The third-order valence-electron chi connectivity index (χ3n) is 4.74. The second-order valence-electron chi connectivity index (χ2n) is 6.57. The van der Waals surface area contributed by atoms with Crippen LogP contribution in [0.4, 0.5) is 10.1 Å². The highest BCUT2D eigenvalue weighted by Gasteiger charge is 2.35. The van der Waals surface area contributed by atoms with Crippen molar-refractivity contribution in [2.24, 2.45) is 5.92 Å². The molecule has 1 fully saturated rings. The lowest BCUT2D eigenvalue weighted by Gasteiger charge is -2.30. The zero-order valence-electron chi connectivity index (χ0n) is 15.2. The molecule has 1 amide bonds. The van der Waals surface area contributed by atoms with Crippen molar-refractivity contribution in [3.05, 3.63) is 54.3 Å². The molecule has 0 bridgehead atoms. The number of benzene rings is 2. The zero-order valence-corrected chi connectivity index (χ0v) is 15.2. The Hall–Kier alpha value is -2.56. The maximum absolute atomic E-state index is 13.6. The Kier molecular flexibility index (Phi) is 5.76. The van der Waals surface area contributed by atoms with Gasteiger partial charge in [-0.15, -0.1) is 0 Å². The molecular formula is C21H24FNO3. The number of hydrogen-bond acceptors (Lipinski definition) is 3. The van der Waals surface area contributed by atoms with Gasteiger partial charge in [-0.05, 0) is 62.1 Å². The van der Waals surface area contributed by atoms with Crippen molar-refractivity contribution >= 4 is 11.6 Å². The minimum atomic E-state index is -0.418. The molecule has 0 aromatic heterocycles. The number of carbonyl (C=O) groups is 1. The summed E-state index contributed by atoms with van der Waals surface area (Å²) in [4.78, 5) is 14.7. The van der Waals surface area contributed by atoms with Crippen molar-refractivity contribution in [1.82, 2.24) is 0 Å². The first-order valence-electron chi connectivity index (χ1n) is 8.93. The summed E-state index contributed by atoms with van der Waals surface area (Å²) in [7, 11) is 1.62. The first-order valence-corrected chi connectivity index (χ1v) is 8.93. The minimum absolute atomic E-state index is 0.0223. The molecule has 0 saturated heterocycles. The Balaban J connectivity index is 1.67. The van der Waals surface area contributed by atoms with Crippen LogP contribution in [0.25, 0.3) is 0 Å². The molecule has 5 heteroatoms. The second kappa shape index (κ2) is 8.21. The number of carbonyl (C=O) groups excluding carboxylic acids is 1. The molecule has 1 aliphatic carbocycles. The van der Waals surface area contributed by atoms with Gasteiger partial charge in [0.15, 0.2) is 11.6 Å². The molecule has 3 rings (SSSR count). The quantitative estimate of drug-likeness (QED) is 0.701. The van der Waals surface area contributed by atoms with Crippen molar-refractivity contribution in [2.45, 2.75) is 32.2 Å². The van der Waals surface area contributed by atoms with Gasteiger partial charge in [0.1, 0.15) is 5.75 Å². The lowest BCUT2D eigenvalue weighted by Crippen LogP contribution is -2.40. The van der Waals surface area contributed by atoms with Crippen LogP contribution in [0.5, 0.6) is 11.5 Å². The number of amides is 1. The van der Waals surface area contributed by atoms with Gasteiger partial charge in [-0.2, -0.15) is 0 Å². The Morgan fingerprint density at radius 3 is 2.50 bits per heavy atom. The summed E-state index contributed by atoms with van der Waals surface area (Å²) in [6, 6.07) is 13.8. The van der Waals surface area contributed by atoms with E-state index in [9.17, 15) is 9.18 Å². The van der Waals surface area contributed by atoms with Gasteiger partial charge in [0, 0.05) is 11.7 Å². The molecule has 1 aliphatic rings. The lowest BCUT2D eigenvalue weighted by atomic mass is 10.1. The van der Waals surface area contributed by atoms with Crippen molar-refractivity contribution < 1.29 is 18.7 Å². The maximum Gasteiger partial charge on any atom is 0.230 e. The van der Waals surface area contributed by atoms with Gasteiger partial charge in [-0.3, -0.25) is 4.79 Å². The molecule has 26 heavy (non-hydrogen) atoms. The van der Waals surface area contributed by atoms with Gasteiger partial charge in [0.05, 0.1) is 20.1 Å². The average molecular weight is 357 g/mol. The van der Waals surface area contributed by atoms with Crippen LogP contribution in [0.2, 0.25) is 0 Å². The fraction of sp³-hybridized carbons (Fsp3) is 0.381. The van der Waals surface area contributed by atoms with Gasteiger partial charge in [-0.25, -0.2) is 4.39 Å². The molecule has 0 spiro atoms. The monoisotopic (exact) mass is 357 g/mol. The average Bonchev–Trinajstić information content (AvgIpc) is 3.49. The van der Waals surface area contributed by atoms with Crippen LogP contribution in [0.3, 0.4) is 0 Å². The van der Waals surface area contributed by atoms with Crippen LogP contribution >= 0.6 is 0 Å². The summed E-state index contributed by atoms with van der Waals surface area (Å²) in [5.41, 5.74) is 0.848. The number of rotatable bonds is 8. The number of para-hydroxylation sites is 1. The molecule has 1 unspecified atom stereocenters. The smallest absolute Gasteiger partial charge is 0.230 e. The number of ether oxygens (including phenoxy) is 2. The van der Waals surface area contributed by atoms with Crippen molar-refractivity contribution in [3.8, 4) is 11.5 Å². The fourth-order valence-corrected chi connectivity index (χ4v) is 3.07. The molecule has 4 nitrogen and oxygen atoms in total. The Bertz CT molecular complexity index is 743. The molecular weight excluding hydrogens is 333 g/mol. The Labute approximate surface area is 153 Å². The third kappa shape index (κ3) is 4.34. The predicted molar refractivity (Wildman–Crippen MR) is 99.2 cm³/mol. The number of methoxy groups -OCH3 is 1. The highest BCUT2D eigenvalue weighted by molar-refractivity contribution is 5.94. The van der Waals surface area contributed by atoms with Crippen LogP contribution < -0.4 is 14.4 Å². The molecule has 1 saturated carbocycles. The fourth-order valence-electron chi connectivity index (χ4n) is 3.07. The largest absolute Gasteiger partial charge is 0.497 e. The van der Waals surface area contributed by atoms with Gasteiger partial charge in [-0.1, -0.05) is 12.1 Å². The first kappa shape index (κ1) is 18.2. The summed E-state index contributed by atoms with van der Waals surface area (Å²) in [5.74, 6) is 1.02. The van der Waals surface area contributed by atoms with Crippen LogP contribution in [0.1, 0.15) is 26.2 Å². The molecule has 1 atom stereocenters. The number of hydrogen-bond donors (Lipinski definition) is 0. The van der Waals surface area contributed by atoms with Crippen molar-refractivity contribution in [2.75, 3.05) is 18.6 Å². The molecule has 0 aliphatic heterocycles.